The van der Waals surface area contributed by atoms with Crippen LogP contribution in [0.5, 0.6) is 0 Å². The fourth-order valence-corrected chi connectivity index (χ4v) is 4.18. The van der Waals surface area contributed by atoms with Crippen molar-refractivity contribution < 1.29 is 9.59 Å². The van der Waals surface area contributed by atoms with Crippen molar-refractivity contribution in [1.82, 2.24) is 19.2 Å². The number of ketones is 1. The molecule has 0 bridgehead atoms. The standard InChI is InChI=1S/C26H24N4O2/c31-25(20-8-2-1-3-9-20)22-10-4-5-11-23(22)26(32)29-16-14-28(15-17-29)18-21-19-30-13-7-6-12-24(30)27-21/h1-13,19H,14-18H2. The van der Waals surface area contributed by atoms with Gasteiger partial charge in [0, 0.05) is 56.2 Å². The molecule has 0 N–H and O–H groups in total. The quantitative estimate of drug-likeness (QED) is 0.460. The minimum absolute atomic E-state index is 0.0859. The van der Waals surface area contributed by atoms with Crippen LogP contribution in [0.2, 0.25) is 0 Å². The molecule has 3 heterocycles. The second-order valence-electron chi connectivity index (χ2n) is 8.01. The molecule has 2 aromatic heterocycles. The van der Waals surface area contributed by atoms with Crippen molar-refractivity contribution >= 4 is 17.3 Å². The van der Waals surface area contributed by atoms with Gasteiger partial charge in [-0.3, -0.25) is 14.5 Å². The number of amides is 1. The van der Waals surface area contributed by atoms with Crippen LogP contribution in [-0.2, 0) is 6.54 Å². The van der Waals surface area contributed by atoms with Crippen LogP contribution in [0.1, 0.15) is 32.0 Å². The van der Waals surface area contributed by atoms with Gasteiger partial charge < -0.3 is 9.30 Å². The molecular weight excluding hydrogens is 400 g/mol. The van der Waals surface area contributed by atoms with Crippen molar-refractivity contribution in [2.45, 2.75) is 6.54 Å². The van der Waals surface area contributed by atoms with Crippen LogP contribution in [0.25, 0.3) is 5.65 Å². The minimum atomic E-state index is -0.125. The molecule has 160 valence electrons. The van der Waals surface area contributed by atoms with Gasteiger partial charge in [0.25, 0.3) is 5.91 Å². The summed E-state index contributed by atoms with van der Waals surface area (Å²) < 4.78 is 2.02. The first-order valence-corrected chi connectivity index (χ1v) is 10.8. The summed E-state index contributed by atoms with van der Waals surface area (Å²) in [5.41, 5.74) is 3.47. The van der Waals surface area contributed by atoms with E-state index < -0.39 is 0 Å². The zero-order valence-electron chi connectivity index (χ0n) is 17.7. The summed E-state index contributed by atoms with van der Waals surface area (Å²) in [5.74, 6) is -0.211. The Labute approximate surface area is 186 Å². The summed E-state index contributed by atoms with van der Waals surface area (Å²) in [6.07, 6.45) is 4.05. The molecule has 1 aliphatic heterocycles. The lowest BCUT2D eigenvalue weighted by Crippen LogP contribution is -2.48. The van der Waals surface area contributed by atoms with E-state index in [0.29, 0.717) is 29.8 Å². The average molecular weight is 425 g/mol. The van der Waals surface area contributed by atoms with Crippen LogP contribution in [0.4, 0.5) is 0 Å². The van der Waals surface area contributed by atoms with Crippen molar-refractivity contribution in [3.63, 3.8) is 0 Å². The van der Waals surface area contributed by atoms with Crippen molar-refractivity contribution in [1.29, 1.82) is 0 Å². The van der Waals surface area contributed by atoms with Gasteiger partial charge in [0.15, 0.2) is 5.78 Å². The van der Waals surface area contributed by atoms with Gasteiger partial charge in [-0.15, -0.1) is 0 Å². The molecule has 0 atom stereocenters. The molecule has 1 aliphatic rings. The molecular formula is C26H24N4O2. The van der Waals surface area contributed by atoms with Crippen molar-refractivity contribution in [3.8, 4) is 0 Å². The number of aromatic nitrogens is 2. The number of hydrogen-bond acceptors (Lipinski definition) is 4. The van der Waals surface area contributed by atoms with Crippen molar-refractivity contribution in [3.05, 3.63) is 108 Å². The van der Waals surface area contributed by atoms with Crippen molar-refractivity contribution in [2.75, 3.05) is 26.2 Å². The molecule has 4 aromatic rings. The van der Waals surface area contributed by atoms with E-state index in [4.69, 9.17) is 0 Å². The molecule has 6 heteroatoms. The van der Waals surface area contributed by atoms with Crippen molar-refractivity contribution in [2.24, 2.45) is 0 Å². The molecule has 1 saturated heterocycles. The molecule has 1 fully saturated rings. The number of nitrogens with zero attached hydrogens (tertiary/aromatic N) is 4. The predicted molar refractivity (Wildman–Crippen MR) is 123 cm³/mol. The number of fused-ring (bicyclic) bond motifs is 1. The molecule has 0 spiro atoms. The average Bonchev–Trinajstić information content (AvgIpc) is 3.26. The third-order valence-electron chi connectivity index (χ3n) is 5.90. The summed E-state index contributed by atoms with van der Waals surface area (Å²) in [5, 5.41) is 0. The van der Waals surface area contributed by atoms with Crippen LogP contribution < -0.4 is 0 Å². The normalized spacial score (nSPS) is 14.6. The fraction of sp³-hybridized carbons (Fsp3) is 0.192. The Hall–Kier alpha value is -3.77. The summed E-state index contributed by atoms with van der Waals surface area (Å²) in [6.45, 7) is 3.55. The van der Waals surface area contributed by atoms with Gasteiger partial charge in [-0.2, -0.15) is 0 Å². The van der Waals surface area contributed by atoms with Gasteiger partial charge in [0.05, 0.1) is 11.3 Å². The first kappa shape index (κ1) is 20.2. The maximum absolute atomic E-state index is 13.3. The summed E-state index contributed by atoms with van der Waals surface area (Å²) >= 11 is 0. The Morgan fingerprint density at radius 3 is 2.22 bits per heavy atom. The van der Waals surface area contributed by atoms with Crippen LogP contribution >= 0.6 is 0 Å². The molecule has 1 amide bonds. The Bertz CT molecular complexity index is 1220. The molecule has 0 unspecified atom stereocenters. The van der Waals surface area contributed by atoms with Crippen LogP contribution in [0.15, 0.2) is 85.2 Å². The lowest BCUT2D eigenvalue weighted by molar-refractivity contribution is 0.0624. The SMILES string of the molecule is O=C(c1ccccc1)c1ccccc1C(=O)N1CCN(Cc2cn3ccccc3n2)CC1. The van der Waals surface area contributed by atoms with Gasteiger partial charge in [0.1, 0.15) is 5.65 Å². The molecule has 0 aliphatic carbocycles. The van der Waals surface area contributed by atoms with E-state index in [0.717, 1.165) is 31.0 Å². The van der Waals surface area contributed by atoms with Crippen LogP contribution in [0, 0.1) is 0 Å². The van der Waals surface area contributed by atoms with E-state index in [1.165, 1.54) is 0 Å². The maximum atomic E-state index is 13.3. The molecule has 6 nitrogen and oxygen atoms in total. The Morgan fingerprint density at radius 1 is 0.781 bits per heavy atom. The number of carbonyl (C=O) groups excluding carboxylic acids is 2. The van der Waals surface area contributed by atoms with E-state index in [2.05, 4.69) is 16.1 Å². The summed E-state index contributed by atoms with van der Waals surface area (Å²) in [7, 11) is 0. The number of hydrogen-bond donors (Lipinski definition) is 0. The minimum Gasteiger partial charge on any atom is -0.336 e. The van der Waals surface area contributed by atoms with Gasteiger partial charge in [-0.05, 0) is 18.2 Å². The third-order valence-corrected chi connectivity index (χ3v) is 5.90. The second-order valence-corrected chi connectivity index (χ2v) is 8.01. The number of carbonyl (C=O) groups is 2. The van der Waals surface area contributed by atoms with E-state index >= 15 is 0 Å². The second kappa shape index (κ2) is 8.77. The lowest BCUT2D eigenvalue weighted by Gasteiger charge is -2.34. The lowest BCUT2D eigenvalue weighted by atomic mass is 9.97. The number of pyridine rings is 1. The van der Waals surface area contributed by atoms with Gasteiger partial charge >= 0.3 is 0 Å². The van der Waals surface area contributed by atoms with E-state index in [1.807, 2.05) is 58.0 Å². The van der Waals surface area contributed by atoms with Gasteiger partial charge in [-0.1, -0.05) is 54.6 Å². The molecule has 0 saturated carbocycles. The molecule has 0 radical (unpaired) electrons. The molecule has 5 rings (SSSR count). The summed E-state index contributed by atoms with van der Waals surface area (Å²) in [4.78, 5) is 35.1. The predicted octanol–water partition coefficient (Wildman–Crippen LogP) is 3.52. The topological polar surface area (TPSA) is 57.9 Å². The highest BCUT2D eigenvalue weighted by Gasteiger charge is 2.26. The van der Waals surface area contributed by atoms with E-state index in [9.17, 15) is 9.59 Å². The van der Waals surface area contributed by atoms with E-state index in [-0.39, 0.29) is 11.7 Å². The van der Waals surface area contributed by atoms with Gasteiger partial charge in [0.2, 0.25) is 0 Å². The monoisotopic (exact) mass is 424 g/mol. The largest absolute Gasteiger partial charge is 0.336 e. The number of rotatable bonds is 5. The molecule has 2 aromatic carbocycles. The maximum Gasteiger partial charge on any atom is 0.254 e. The Kier molecular flexibility index (Phi) is 5.52. The number of piperazine rings is 1. The number of imidazole rings is 1. The van der Waals surface area contributed by atoms with Gasteiger partial charge in [-0.25, -0.2) is 4.98 Å². The molecule has 32 heavy (non-hydrogen) atoms. The smallest absolute Gasteiger partial charge is 0.254 e. The summed E-state index contributed by atoms with van der Waals surface area (Å²) in [6, 6.07) is 22.2. The third kappa shape index (κ3) is 4.05. The van der Waals surface area contributed by atoms with Crippen LogP contribution in [0.3, 0.4) is 0 Å². The Morgan fingerprint density at radius 2 is 1.47 bits per heavy atom. The first-order valence-electron chi connectivity index (χ1n) is 10.8. The number of benzene rings is 2. The highest BCUT2D eigenvalue weighted by molar-refractivity contribution is 6.15. The highest BCUT2D eigenvalue weighted by Crippen LogP contribution is 2.18. The highest BCUT2D eigenvalue weighted by atomic mass is 16.2. The zero-order chi connectivity index (χ0) is 21.9. The Balaban J connectivity index is 1.26. The fourth-order valence-electron chi connectivity index (χ4n) is 4.18. The van der Waals surface area contributed by atoms with E-state index in [1.54, 1.807) is 30.3 Å². The zero-order valence-corrected chi connectivity index (χ0v) is 17.7. The van der Waals surface area contributed by atoms with Crippen LogP contribution in [-0.4, -0.2) is 57.1 Å². The first-order chi connectivity index (χ1) is 15.7.